The van der Waals surface area contributed by atoms with Crippen LogP contribution >= 0.6 is 11.8 Å². The number of amidine groups is 1. The van der Waals surface area contributed by atoms with Crippen molar-refractivity contribution in [3.8, 4) is 23.3 Å². The molecule has 1 N–H and O–H groups in total. The number of nitriles is 1. The van der Waals surface area contributed by atoms with Crippen molar-refractivity contribution in [3.05, 3.63) is 70.6 Å². The Kier molecular flexibility index (Phi) is 7.45. The van der Waals surface area contributed by atoms with E-state index < -0.39 is 0 Å². The zero-order valence-electron chi connectivity index (χ0n) is 20.9. The van der Waals surface area contributed by atoms with Gasteiger partial charge in [-0.3, -0.25) is 9.79 Å². The molecule has 5 rings (SSSR count). The molecule has 188 valence electrons. The molecule has 1 amide bonds. The van der Waals surface area contributed by atoms with Gasteiger partial charge < -0.3 is 19.7 Å². The lowest BCUT2D eigenvalue weighted by atomic mass is 10.0. The molecule has 0 aliphatic carbocycles. The minimum atomic E-state index is -0.123. The Morgan fingerprint density at radius 1 is 1.16 bits per heavy atom. The fraction of sp³-hybridized carbons (Fsp3) is 0.276. The Hall–Kier alpha value is -3.80. The van der Waals surface area contributed by atoms with Gasteiger partial charge in [0.1, 0.15) is 11.6 Å². The molecule has 2 heterocycles. The van der Waals surface area contributed by atoms with Gasteiger partial charge in [0.15, 0.2) is 11.5 Å². The predicted octanol–water partition coefficient (Wildman–Crippen LogP) is 6.19. The molecule has 37 heavy (non-hydrogen) atoms. The summed E-state index contributed by atoms with van der Waals surface area (Å²) < 4.78 is 11.9. The van der Waals surface area contributed by atoms with Crippen LogP contribution in [0.3, 0.4) is 0 Å². The SMILES string of the molecule is COc1cc(/C=C2\SC(=O)NC2=NCCC2CCCN2C)ccc1Oc1ccc(C#N)c2ccccc12. The number of aliphatic imine (C=N–C) groups is 1. The largest absolute Gasteiger partial charge is 0.493 e. The Labute approximate surface area is 220 Å². The second kappa shape index (κ2) is 11.1. The van der Waals surface area contributed by atoms with E-state index in [-0.39, 0.29) is 5.24 Å². The van der Waals surface area contributed by atoms with E-state index in [1.54, 1.807) is 19.2 Å². The maximum absolute atomic E-state index is 12.1. The number of amides is 1. The van der Waals surface area contributed by atoms with Gasteiger partial charge in [0, 0.05) is 23.4 Å². The van der Waals surface area contributed by atoms with Crippen molar-refractivity contribution < 1.29 is 14.3 Å². The molecule has 0 spiro atoms. The average molecular weight is 513 g/mol. The second-order valence-electron chi connectivity index (χ2n) is 9.10. The number of hydrogen-bond acceptors (Lipinski definition) is 7. The van der Waals surface area contributed by atoms with Crippen LogP contribution in [0.4, 0.5) is 4.79 Å². The van der Waals surface area contributed by atoms with E-state index in [1.165, 1.54) is 12.8 Å². The Balaban J connectivity index is 1.37. The number of fused-ring (bicyclic) bond motifs is 1. The van der Waals surface area contributed by atoms with Crippen molar-refractivity contribution in [1.82, 2.24) is 10.2 Å². The van der Waals surface area contributed by atoms with Gasteiger partial charge >= 0.3 is 0 Å². The maximum atomic E-state index is 12.1. The lowest BCUT2D eigenvalue weighted by molar-refractivity contribution is 0.265. The first-order valence-corrected chi connectivity index (χ1v) is 13.1. The fourth-order valence-corrected chi connectivity index (χ4v) is 5.56. The van der Waals surface area contributed by atoms with Gasteiger partial charge in [-0.15, -0.1) is 0 Å². The number of likely N-dealkylation sites (tertiary alicyclic amines) is 1. The lowest BCUT2D eigenvalue weighted by Crippen LogP contribution is -2.26. The van der Waals surface area contributed by atoms with Crippen molar-refractivity contribution in [2.75, 3.05) is 27.2 Å². The molecule has 2 fully saturated rings. The summed E-state index contributed by atoms with van der Waals surface area (Å²) in [4.78, 5) is 20.0. The molecule has 7 nitrogen and oxygen atoms in total. The highest BCUT2D eigenvalue weighted by Gasteiger charge is 2.24. The molecule has 3 aromatic carbocycles. The van der Waals surface area contributed by atoms with Gasteiger partial charge in [0.05, 0.1) is 23.6 Å². The van der Waals surface area contributed by atoms with Gasteiger partial charge in [-0.1, -0.05) is 30.3 Å². The molecule has 3 aromatic rings. The summed E-state index contributed by atoms with van der Waals surface area (Å²) in [6.07, 6.45) is 5.36. The van der Waals surface area contributed by atoms with Crippen molar-refractivity contribution >= 4 is 39.7 Å². The number of thioether (sulfide) groups is 1. The van der Waals surface area contributed by atoms with E-state index in [4.69, 9.17) is 14.5 Å². The first-order valence-electron chi connectivity index (χ1n) is 12.3. The van der Waals surface area contributed by atoms with Crippen LogP contribution < -0.4 is 14.8 Å². The predicted molar refractivity (Wildman–Crippen MR) is 148 cm³/mol. The standard InChI is InChI=1S/C29H28N4O3S/c1-33-15-5-6-21(33)13-14-31-28-27(37-29(34)32-28)17-19-9-11-25(26(16-19)35-2)36-24-12-10-20(18-30)22-7-3-4-8-23(22)24/h3-4,7-12,16-17,21H,5-6,13-15H2,1-2H3,(H,31,32,34)/b27-17-. The third kappa shape index (κ3) is 5.48. The normalized spacial score (nSPS) is 19.9. The number of nitrogens with zero attached hydrogens (tertiary/aromatic N) is 3. The fourth-order valence-electron chi connectivity index (χ4n) is 4.80. The summed E-state index contributed by atoms with van der Waals surface area (Å²) >= 11 is 1.15. The molecule has 0 saturated carbocycles. The highest BCUT2D eigenvalue weighted by atomic mass is 32.2. The van der Waals surface area contributed by atoms with Crippen LogP contribution in [-0.2, 0) is 0 Å². The van der Waals surface area contributed by atoms with Gasteiger partial charge in [0.2, 0.25) is 0 Å². The van der Waals surface area contributed by atoms with Gasteiger partial charge in [0.25, 0.3) is 5.24 Å². The number of nitrogens with one attached hydrogen (secondary N) is 1. The quantitative estimate of drug-likeness (QED) is 0.406. The van der Waals surface area contributed by atoms with Crippen LogP contribution in [-0.4, -0.2) is 49.3 Å². The van der Waals surface area contributed by atoms with Gasteiger partial charge in [-0.2, -0.15) is 5.26 Å². The van der Waals surface area contributed by atoms with Gasteiger partial charge in [-0.05, 0) is 80.5 Å². The zero-order valence-corrected chi connectivity index (χ0v) is 21.7. The molecular formula is C29H28N4O3S. The molecule has 0 radical (unpaired) electrons. The second-order valence-corrected chi connectivity index (χ2v) is 10.1. The zero-order chi connectivity index (χ0) is 25.8. The van der Waals surface area contributed by atoms with Crippen LogP contribution in [0.25, 0.3) is 16.8 Å². The number of methoxy groups -OCH3 is 1. The first kappa shape index (κ1) is 24.9. The molecule has 2 aliphatic heterocycles. The summed E-state index contributed by atoms with van der Waals surface area (Å²) in [5.74, 6) is 2.39. The van der Waals surface area contributed by atoms with Crippen molar-refractivity contribution in [1.29, 1.82) is 5.26 Å². The van der Waals surface area contributed by atoms with Crippen LogP contribution in [0.2, 0.25) is 0 Å². The van der Waals surface area contributed by atoms with Crippen molar-refractivity contribution in [3.63, 3.8) is 0 Å². The molecule has 1 unspecified atom stereocenters. The summed E-state index contributed by atoms with van der Waals surface area (Å²) in [6.45, 7) is 1.82. The van der Waals surface area contributed by atoms with Crippen LogP contribution in [0.5, 0.6) is 17.2 Å². The number of hydrogen-bond donors (Lipinski definition) is 1. The summed E-state index contributed by atoms with van der Waals surface area (Å²) in [7, 11) is 3.76. The van der Waals surface area contributed by atoms with Gasteiger partial charge in [-0.25, -0.2) is 0 Å². The highest BCUT2D eigenvalue weighted by Crippen LogP contribution is 2.37. The number of benzene rings is 3. The van der Waals surface area contributed by atoms with E-state index in [1.807, 2.05) is 48.5 Å². The Morgan fingerprint density at radius 2 is 1.97 bits per heavy atom. The topological polar surface area (TPSA) is 86.9 Å². The number of carbonyl (C=O) groups is 1. The number of rotatable bonds is 7. The minimum absolute atomic E-state index is 0.123. The molecule has 0 aromatic heterocycles. The highest BCUT2D eigenvalue weighted by molar-refractivity contribution is 8.18. The number of carbonyl (C=O) groups excluding carboxylic acids is 1. The Bertz CT molecular complexity index is 1440. The third-order valence-electron chi connectivity index (χ3n) is 6.77. The molecule has 2 saturated heterocycles. The minimum Gasteiger partial charge on any atom is -0.493 e. The number of ether oxygens (including phenoxy) is 2. The maximum Gasteiger partial charge on any atom is 0.289 e. The summed E-state index contributed by atoms with van der Waals surface area (Å²) in [5, 5.41) is 13.9. The van der Waals surface area contributed by atoms with E-state index >= 15 is 0 Å². The molecule has 1 atom stereocenters. The van der Waals surface area contributed by atoms with Crippen molar-refractivity contribution in [2.24, 2.45) is 4.99 Å². The Morgan fingerprint density at radius 3 is 2.73 bits per heavy atom. The summed E-state index contributed by atoms with van der Waals surface area (Å²) in [6, 6.07) is 19.7. The van der Waals surface area contributed by atoms with Crippen LogP contribution in [0, 0.1) is 11.3 Å². The first-order chi connectivity index (χ1) is 18.1. The molecular weight excluding hydrogens is 484 g/mol. The van der Waals surface area contributed by atoms with Crippen LogP contribution in [0.15, 0.2) is 64.5 Å². The third-order valence-corrected chi connectivity index (χ3v) is 7.59. The molecule has 8 heteroatoms. The van der Waals surface area contributed by atoms with Crippen molar-refractivity contribution in [2.45, 2.75) is 25.3 Å². The monoisotopic (exact) mass is 512 g/mol. The van der Waals surface area contributed by atoms with E-state index in [0.717, 1.165) is 46.0 Å². The van der Waals surface area contributed by atoms with E-state index in [9.17, 15) is 10.1 Å². The lowest BCUT2D eigenvalue weighted by Gasteiger charge is -2.18. The van der Waals surface area contributed by atoms with E-state index in [2.05, 4.69) is 23.3 Å². The molecule has 0 bridgehead atoms. The smallest absolute Gasteiger partial charge is 0.289 e. The summed E-state index contributed by atoms with van der Waals surface area (Å²) in [5.41, 5.74) is 1.47. The molecule has 2 aliphatic rings. The van der Waals surface area contributed by atoms with Crippen LogP contribution in [0.1, 0.15) is 30.4 Å². The van der Waals surface area contributed by atoms with E-state index in [0.29, 0.717) is 41.2 Å². The average Bonchev–Trinajstić information content (AvgIpc) is 3.48.